The minimum absolute atomic E-state index is 0.00603. The molecule has 0 unspecified atom stereocenters. The fourth-order valence-corrected chi connectivity index (χ4v) is 2.90. The second-order valence-electron chi connectivity index (χ2n) is 6.45. The first-order valence-electron chi connectivity index (χ1n) is 7.71. The third-order valence-electron chi connectivity index (χ3n) is 3.85. The molecular weight excluding hydrogens is 323 g/mol. The van der Waals surface area contributed by atoms with E-state index < -0.39 is 18.4 Å². The van der Waals surface area contributed by atoms with Gasteiger partial charge in [-0.15, -0.1) is 0 Å². The monoisotopic (exact) mass is 341 g/mol. The van der Waals surface area contributed by atoms with Gasteiger partial charge >= 0.3 is 6.18 Å². The van der Waals surface area contributed by atoms with Gasteiger partial charge in [0.05, 0.1) is 5.70 Å². The maximum Gasteiger partial charge on any atom is 0.422 e. The molecule has 24 heavy (non-hydrogen) atoms. The summed E-state index contributed by atoms with van der Waals surface area (Å²) in [5.74, 6) is 0.620. The van der Waals surface area contributed by atoms with E-state index in [-0.39, 0.29) is 11.7 Å². The summed E-state index contributed by atoms with van der Waals surface area (Å²) in [6, 6.07) is 4.51. The third-order valence-corrected chi connectivity index (χ3v) is 3.85. The smallest absolute Gasteiger partial charge is 0.422 e. The zero-order chi connectivity index (χ0) is 17.5. The lowest BCUT2D eigenvalue weighted by Gasteiger charge is -2.34. The van der Waals surface area contributed by atoms with Gasteiger partial charge < -0.3 is 14.4 Å². The van der Waals surface area contributed by atoms with E-state index in [4.69, 9.17) is 9.47 Å². The van der Waals surface area contributed by atoms with E-state index in [0.29, 0.717) is 30.0 Å². The molecule has 1 fully saturated rings. The van der Waals surface area contributed by atoms with Crippen LogP contribution in [0.15, 0.2) is 24.3 Å². The Morgan fingerprint density at radius 3 is 2.71 bits per heavy atom. The van der Waals surface area contributed by atoms with Gasteiger partial charge in [0.1, 0.15) is 17.1 Å². The van der Waals surface area contributed by atoms with E-state index in [9.17, 15) is 18.0 Å². The molecule has 0 bridgehead atoms. The second-order valence-corrected chi connectivity index (χ2v) is 6.45. The first-order valence-corrected chi connectivity index (χ1v) is 7.71. The Balaban J connectivity index is 1.95. The van der Waals surface area contributed by atoms with E-state index in [1.807, 2.05) is 19.9 Å². The highest BCUT2D eigenvalue weighted by Gasteiger charge is 2.34. The second kappa shape index (κ2) is 5.72. The number of fused-ring (bicyclic) bond motifs is 1. The van der Waals surface area contributed by atoms with Crippen LogP contribution in [0.25, 0.3) is 5.70 Å². The van der Waals surface area contributed by atoms with Crippen LogP contribution in [0, 0.1) is 0 Å². The predicted molar refractivity (Wildman–Crippen MR) is 81.6 cm³/mol. The van der Waals surface area contributed by atoms with Gasteiger partial charge in [0, 0.05) is 18.5 Å². The van der Waals surface area contributed by atoms with Crippen molar-refractivity contribution in [2.24, 2.45) is 0 Å². The summed E-state index contributed by atoms with van der Waals surface area (Å²) in [6.07, 6.45) is -1.35. The Labute approximate surface area is 137 Å². The Hall–Kier alpha value is -2.18. The number of nitrogens with zero attached hydrogens (tertiary/aromatic N) is 1. The molecule has 2 aliphatic heterocycles. The van der Waals surface area contributed by atoms with Crippen LogP contribution >= 0.6 is 0 Å². The lowest BCUT2D eigenvalue weighted by atomic mass is 9.98. The van der Waals surface area contributed by atoms with E-state index in [1.54, 1.807) is 11.0 Å². The topological polar surface area (TPSA) is 38.8 Å². The molecule has 1 amide bonds. The lowest BCUT2D eigenvalue weighted by Crippen LogP contribution is -2.34. The number of alkyl halides is 3. The molecule has 1 saturated heterocycles. The molecular formula is C17H18F3NO3. The van der Waals surface area contributed by atoms with E-state index in [2.05, 4.69) is 0 Å². The van der Waals surface area contributed by atoms with Crippen molar-refractivity contribution in [3.8, 4) is 11.5 Å². The van der Waals surface area contributed by atoms with Crippen molar-refractivity contribution in [2.75, 3.05) is 13.2 Å². The van der Waals surface area contributed by atoms with Crippen LogP contribution in [-0.4, -0.2) is 35.7 Å². The Morgan fingerprint density at radius 1 is 1.33 bits per heavy atom. The fraction of sp³-hybridized carbons (Fsp3) is 0.471. The summed E-state index contributed by atoms with van der Waals surface area (Å²) in [4.78, 5) is 13.8. The highest BCUT2D eigenvalue weighted by molar-refractivity contribution is 5.90. The molecule has 3 rings (SSSR count). The predicted octanol–water partition coefficient (Wildman–Crippen LogP) is 3.76. The summed E-state index contributed by atoms with van der Waals surface area (Å²) in [5, 5.41) is 0. The van der Waals surface area contributed by atoms with Crippen molar-refractivity contribution in [1.29, 1.82) is 0 Å². The van der Waals surface area contributed by atoms with Crippen LogP contribution in [0.1, 0.15) is 32.3 Å². The molecule has 1 aromatic carbocycles. The first-order chi connectivity index (χ1) is 11.1. The molecule has 0 radical (unpaired) electrons. The largest absolute Gasteiger partial charge is 0.484 e. The van der Waals surface area contributed by atoms with Gasteiger partial charge in [-0.1, -0.05) is 0 Å². The van der Waals surface area contributed by atoms with Gasteiger partial charge in [-0.3, -0.25) is 4.79 Å². The molecule has 130 valence electrons. The van der Waals surface area contributed by atoms with Gasteiger partial charge in [-0.2, -0.15) is 13.2 Å². The molecule has 0 atom stereocenters. The average Bonchev–Trinajstić information content (AvgIpc) is 2.89. The van der Waals surface area contributed by atoms with Crippen molar-refractivity contribution in [3.05, 3.63) is 29.8 Å². The number of amides is 1. The van der Waals surface area contributed by atoms with Gasteiger partial charge in [0.2, 0.25) is 5.91 Å². The number of ether oxygens (including phenoxy) is 2. The zero-order valence-electron chi connectivity index (χ0n) is 13.4. The Kier molecular flexibility index (Phi) is 3.97. The number of halogens is 3. The van der Waals surface area contributed by atoms with Gasteiger partial charge in [-0.25, -0.2) is 0 Å². The highest BCUT2D eigenvalue weighted by Crippen LogP contribution is 2.41. The number of rotatable bonds is 3. The van der Waals surface area contributed by atoms with Crippen LogP contribution in [-0.2, 0) is 4.79 Å². The van der Waals surface area contributed by atoms with E-state index in [1.165, 1.54) is 12.1 Å². The van der Waals surface area contributed by atoms with Crippen LogP contribution in [0.4, 0.5) is 13.2 Å². The van der Waals surface area contributed by atoms with Crippen molar-refractivity contribution in [3.63, 3.8) is 0 Å². The van der Waals surface area contributed by atoms with Crippen molar-refractivity contribution < 1.29 is 27.4 Å². The summed E-state index contributed by atoms with van der Waals surface area (Å²) in [6.45, 7) is 2.96. The molecule has 2 aliphatic rings. The van der Waals surface area contributed by atoms with Crippen LogP contribution in [0.5, 0.6) is 11.5 Å². The number of hydrogen-bond donors (Lipinski definition) is 0. The normalized spacial score (nSPS) is 19.6. The maximum absolute atomic E-state index is 12.3. The summed E-state index contributed by atoms with van der Waals surface area (Å²) in [7, 11) is 0. The van der Waals surface area contributed by atoms with Crippen LogP contribution in [0.2, 0.25) is 0 Å². The number of carbonyl (C=O) groups is 1. The quantitative estimate of drug-likeness (QED) is 0.840. The minimum Gasteiger partial charge on any atom is -0.484 e. The van der Waals surface area contributed by atoms with Crippen molar-refractivity contribution in [2.45, 2.75) is 38.5 Å². The number of benzene rings is 1. The van der Waals surface area contributed by atoms with Crippen molar-refractivity contribution in [1.82, 2.24) is 4.90 Å². The minimum atomic E-state index is -4.40. The van der Waals surface area contributed by atoms with Gasteiger partial charge in [-0.05, 0) is 44.5 Å². The third kappa shape index (κ3) is 3.49. The molecule has 2 heterocycles. The van der Waals surface area contributed by atoms with Gasteiger partial charge in [0.15, 0.2) is 6.61 Å². The van der Waals surface area contributed by atoms with E-state index >= 15 is 0 Å². The lowest BCUT2D eigenvalue weighted by molar-refractivity contribution is -0.153. The summed E-state index contributed by atoms with van der Waals surface area (Å²) in [5.41, 5.74) is 0.630. The fourth-order valence-electron chi connectivity index (χ4n) is 2.90. The Morgan fingerprint density at radius 2 is 2.08 bits per heavy atom. The molecule has 0 aliphatic carbocycles. The van der Waals surface area contributed by atoms with Crippen molar-refractivity contribution >= 4 is 11.6 Å². The molecule has 0 spiro atoms. The summed E-state index contributed by atoms with van der Waals surface area (Å²) < 4.78 is 47.7. The Bertz CT molecular complexity index is 695. The first kappa shape index (κ1) is 16.7. The molecule has 0 N–H and O–H groups in total. The van der Waals surface area contributed by atoms with Crippen LogP contribution in [0.3, 0.4) is 0 Å². The number of likely N-dealkylation sites (tertiary alicyclic amines) is 1. The SMILES string of the molecule is CC1(C)C=C(N2CCCC2=O)c2cc(OCC(F)(F)F)ccc2O1. The number of hydrogen-bond acceptors (Lipinski definition) is 3. The highest BCUT2D eigenvalue weighted by atomic mass is 19.4. The summed E-state index contributed by atoms with van der Waals surface area (Å²) >= 11 is 0. The molecule has 0 saturated carbocycles. The molecule has 7 heteroatoms. The molecule has 1 aromatic rings. The zero-order valence-corrected chi connectivity index (χ0v) is 13.4. The molecule has 4 nitrogen and oxygen atoms in total. The maximum atomic E-state index is 12.3. The van der Waals surface area contributed by atoms with E-state index in [0.717, 1.165) is 6.42 Å². The molecule has 0 aromatic heterocycles. The standard InChI is InChI=1S/C17H18F3NO3/c1-16(2)9-13(21-7-3-4-15(21)22)12-8-11(5-6-14(12)24-16)23-10-17(18,19)20/h5-6,8-9H,3-4,7,10H2,1-2H3. The number of carbonyl (C=O) groups excluding carboxylic acids is 1. The average molecular weight is 341 g/mol. The van der Waals surface area contributed by atoms with Gasteiger partial charge in [0.25, 0.3) is 0 Å². The van der Waals surface area contributed by atoms with Crippen LogP contribution < -0.4 is 9.47 Å².